The minimum atomic E-state index is 0.576. The van der Waals surface area contributed by atoms with Crippen molar-refractivity contribution in [3.05, 3.63) is 72.3 Å². The fourth-order valence-electron chi connectivity index (χ4n) is 2.90. The van der Waals surface area contributed by atoms with Crippen LogP contribution < -0.4 is 0 Å². The minimum absolute atomic E-state index is 0.576. The van der Waals surface area contributed by atoms with Crippen molar-refractivity contribution in [2.24, 2.45) is 0 Å². The van der Waals surface area contributed by atoms with E-state index in [0.29, 0.717) is 11.8 Å². The van der Waals surface area contributed by atoms with Crippen LogP contribution in [0.15, 0.2) is 61.2 Å². The first-order valence-electron chi connectivity index (χ1n) is 8.55. The smallest absolute Gasteiger partial charge is 0.136 e. The molecule has 0 radical (unpaired) electrons. The Morgan fingerprint density at radius 3 is 2.54 bits per heavy atom. The predicted molar refractivity (Wildman–Crippen MR) is 102 cm³/mol. The van der Waals surface area contributed by atoms with Gasteiger partial charge < -0.3 is 9.38 Å². The Kier molecular flexibility index (Phi) is 4.70. The average molecular weight is 319 g/mol. The number of nitrogens with one attached hydrogen (secondary N) is 1. The zero-order valence-electron chi connectivity index (χ0n) is 14.8. The number of imidazole rings is 1. The van der Waals surface area contributed by atoms with Gasteiger partial charge in [-0.25, -0.2) is 4.98 Å². The Bertz CT molecular complexity index is 927. The summed E-state index contributed by atoms with van der Waals surface area (Å²) in [5, 5.41) is 1.35. The molecule has 0 bridgehead atoms. The maximum Gasteiger partial charge on any atom is 0.136 e. The van der Waals surface area contributed by atoms with Crippen molar-refractivity contribution in [2.45, 2.75) is 39.5 Å². The second-order valence-corrected chi connectivity index (χ2v) is 6.75. The lowest BCUT2D eigenvalue weighted by Gasteiger charge is -2.05. The molecule has 4 rings (SSSR count). The van der Waals surface area contributed by atoms with Crippen LogP contribution in [0.25, 0.3) is 16.6 Å². The molecule has 0 unspecified atom stereocenters. The standard InChI is InChI=1S/C11H13N.C10H12N2/c1-8(2)9-4-3-5-11-10(9)6-7-12-11;1-8(2)9-3-5-12-6-4-11-10(12)7-9/h3-8,12H,1-2H3;3-8H,1-2H3. The zero-order valence-corrected chi connectivity index (χ0v) is 14.8. The zero-order chi connectivity index (χ0) is 17.1. The number of benzene rings is 1. The number of nitrogens with zero attached hydrogens (tertiary/aromatic N) is 2. The van der Waals surface area contributed by atoms with E-state index < -0.39 is 0 Å². The number of aromatic nitrogens is 3. The summed E-state index contributed by atoms with van der Waals surface area (Å²) < 4.78 is 2.02. The summed E-state index contributed by atoms with van der Waals surface area (Å²) in [5.74, 6) is 1.18. The SMILES string of the molecule is CC(C)c1cccc2[nH]ccc12.CC(C)c1ccn2ccnc2c1. The number of H-pyrrole nitrogens is 1. The van der Waals surface area contributed by atoms with Gasteiger partial charge in [0.1, 0.15) is 5.65 Å². The monoisotopic (exact) mass is 319 g/mol. The third kappa shape index (κ3) is 3.35. The second kappa shape index (κ2) is 6.91. The molecule has 3 heteroatoms. The van der Waals surface area contributed by atoms with E-state index in [9.17, 15) is 0 Å². The molecule has 1 N–H and O–H groups in total. The normalized spacial score (nSPS) is 11.2. The Morgan fingerprint density at radius 2 is 1.79 bits per heavy atom. The van der Waals surface area contributed by atoms with E-state index in [1.54, 1.807) is 0 Å². The van der Waals surface area contributed by atoms with Crippen LogP contribution in [0, 0.1) is 0 Å². The molecule has 0 aliphatic rings. The van der Waals surface area contributed by atoms with Crippen molar-refractivity contribution in [1.29, 1.82) is 0 Å². The van der Waals surface area contributed by atoms with Crippen LogP contribution in [0.3, 0.4) is 0 Å². The fourth-order valence-corrected chi connectivity index (χ4v) is 2.90. The quantitative estimate of drug-likeness (QED) is 0.501. The van der Waals surface area contributed by atoms with Crippen molar-refractivity contribution in [3.8, 4) is 0 Å². The van der Waals surface area contributed by atoms with Gasteiger partial charge in [-0.3, -0.25) is 0 Å². The number of pyridine rings is 1. The summed E-state index contributed by atoms with van der Waals surface area (Å²) >= 11 is 0. The van der Waals surface area contributed by atoms with Gasteiger partial charge in [0.05, 0.1) is 0 Å². The van der Waals surface area contributed by atoms with Gasteiger partial charge in [-0.05, 0) is 47.2 Å². The highest BCUT2D eigenvalue weighted by atomic mass is 15.0. The number of hydrogen-bond acceptors (Lipinski definition) is 1. The van der Waals surface area contributed by atoms with Gasteiger partial charge in [-0.2, -0.15) is 0 Å². The maximum absolute atomic E-state index is 4.22. The molecular weight excluding hydrogens is 294 g/mol. The van der Waals surface area contributed by atoms with E-state index in [0.717, 1.165) is 5.65 Å². The van der Waals surface area contributed by atoms with Gasteiger partial charge in [0, 0.05) is 35.7 Å². The van der Waals surface area contributed by atoms with E-state index in [-0.39, 0.29) is 0 Å². The Labute approximate surface area is 143 Å². The minimum Gasteiger partial charge on any atom is -0.361 e. The summed E-state index contributed by atoms with van der Waals surface area (Å²) in [4.78, 5) is 7.44. The molecule has 24 heavy (non-hydrogen) atoms. The van der Waals surface area contributed by atoms with E-state index in [1.165, 1.54) is 22.0 Å². The summed E-state index contributed by atoms with van der Waals surface area (Å²) in [6.45, 7) is 8.83. The summed E-state index contributed by atoms with van der Waals surface area (Å²) in [5.41, 5.74) is 5.03. The molecular formula is C21H25N3. The number of fused-ring (bicyclic) bond motifs is 2. The van der Waals surface area contributed by atoms with Crippen molar-refractivity contribution in [1.82, 2.24) is 14.4 Å². The molecule has 3 aromatic heterocycles. The number of hydrogen-bond donors (Lipinski definition) is 1. The summed E-state index contributed by atoms with van der Waals surface area (Å²) in [7, 11) is 0. The predicted octanol–water partition coefficient (Wildman–Crippen LogP) is 5.75. The van der Waals surface area contributed by atoms with Gasteiger partial charge in [0.2, 0.25) is 0 Å². The lowest BCUT2D eigenvalue weighted by Crippen LogP contribution is -1.90. The molecule has 0 atom stereocenters. The van der Waals surface area contributed by atoms with Crippen LogP contribution >= 0.6 is 0 Å². The molecule has 0 fully saturated rings. The van der Waals surface area contributed by atoms with E-state index in [1.807, 2.05) is 23.0 Å². The molecule has 0 saturated carbocycles. The van der Waals surface area contributed by atoms with E-state index in [4.69, 9.17) is 0 Å². The Balaban J connectivity index is 0.000000141. The van der Waals surface area contributed by atoms with Crippen molar-refractivity contribution in [3.63, 3.8) is 0 Å². The molecule has 0 amide bonds. The first kappa shape index (κ1) is 16.3. The van der Waals surface area contributed by atoms with Crippen LogP contribution in [-0.4, -0.2) is 14.4 Å². The third-order valence-electron chi connectivity index (χ3n) is 4.34. The summed E-state index contributed by atoms with van der Waals surface area (Å²) in [6.07, 6.45) is 7.83. The van der Waals surface area contributed by atoms with E-state index in [2.05, 4.69) is 80.3 Å². The molecule has 0 spiro atoms. The molecule has 3 nitrogen and oxygen atoms in total. The van der Waals surface area contributed by atoms with Gasteiger partial charge in [0.25, 0.3) is 0 Å². The first-order valence-corrected chi connectivity index (χ1v) is 8.55. The molecule has 3 heterocycles. The largest absolute Gasteiger partial charge is 0.361 e. The second-order valence-electron chi connectivity index (χ2n) is 6.75. The van der Waals surface area contributed by atoms with Crippen LogP contribution in [0.4, 0.5) is 0 Å². The van der Waals surface area contributed by atoms with Crippen LogP contribution in [-0.2, 0) is 0 Å². The van der Waals surface area contributed by atoms with Crippen molar-refractivity contribution >= 4 is 16.6 Å². The molecule has 0 saturated heterocycles. The van der Waals surface area contributed by atoms with Gasteiger partial charge in [-0.1, -0.05) is 39.8 Å². The van der Waals surface area contributed by atoms with Crippen LogP contribution in [0.5, 0.6) is 0 Å². The third-order valence-corrected chi connectivity index (χ3v) is 4.34. The van der Waals surface area contributed by atoms with Crippen LogP contribution in [0.1, 0.15) is 50.7 Å². The number of rotatable bonds is 2. The van der Waals surface area contributed by atoms with Gasteiger partial charge in [0.15, 0.2) is 0 Å². The Morgan fingerprint density at radius 1 is 0.958 bits per heavy atom. The highest BCUT2D eigenvalue weighted by Gasteiger charge is 2.04. The van der Waals surface area contributed by atoms with E-state index >= 15 is 0 Å². The van der Waals surface area contributed by atoms with Gasteiger partial charge in [-0.15, -0.1) is 0 Å². The van der Waals surface area contributed by atoms with Crippen LogP contribution in [0.2, 0.25) is 0 Å². The fraction of sp³-hybridized carbons (Fsp3) is 0.286. The van der Waals surface area contributed by atoms with Crippen molar-refractivity contribution in [2.75, 3.05) is 0 Å². The van der Waals surface area contributed by atoms with Gasteiger partial charge >= 0.3 is 0 Å². The van der Waals surface area contributed by atoms with Crippen molar-refractivity contribution < 1.29 is 0 Å². The molecule has 1 aromatic carbocycles. The highest BCUT2D eigenvalue weighted by Crippen LogP contribution is 2.24. The molecule has 124 valence electrons. The summed E-state index contributed by atoms with van der Waals surface area (Å²) in [6, 6.07) is 12.8. The first-order chi connectivity index (χ1) is 11.6. The lowest BCUT2D eigenvalue weighted by molar-refractivity contribution is 0.863. The highest BCUT2D eigenvalue weighted by molar-refractivity contribution is 5.83. The lowest BCUT2D eigenvalue weighted by atomic mass is 10.00. The molecule has 0 aliphatic heterocycles. The molecule has 4 aromatic rings. The topological polar surface area (TPSA) is 33.1 Å². The number of aromatic amines is 1. The maximum atomic E-state index is 4.22. The average Bonchev–Trinajstić information content (AvgIpc) is 3.22. The molecule has 0 aliphatic carbocycles. The Hall–Kier alpha value is -2.55.